The number of hydrogen-bond acceptors (Lipinski definition) is 4. The van der Waals surface area contributed by atoms with E-state index in [1.54, 1.807) is 0 Å². The van der Waals surface area contributed by atoms with Gasteiger partial charge in [-0.15, -0.1) is 0 Å². The van der Waals surface area contributed by atoms with Gasteiger partial charge in [-0.2, -0.15) is 0 Å². The van der Waals surface area contributed by atoms with Crippen molar-refractivity contribution in [1.82, 2.24) is 19.9 Å². The van der Waals surface area contributed by atoms with Crippen LogP contribution in [0.3, 0.4) is 0 Å². The van der Waals surface area contributed by atoms with Gasteiger partial charge in [-0.1, -0.05) is 62.4 Å². The monoisotopic (exact) mass is 382 g/mol. The molecule has 0 amide bonds. The maximum Gasteiger partial charge on any atom is 0.178 e. The molecule has 4 rings (SSSR count). The van der Waals surface area contributed by atoms with E-state index in [0.29, 0.717) is 5.82 Å². The van der Waals surface area contributed by atoms with Crippen molar-refractivity contribution in [2.75, 3.05) is 13.1 Å². The Labute approximate surface area is 172 Å². The van der Waals surface area contributed by atoms with Crippen molar-refractivity contribution in [2.45, 2.75) is 26.8 Å². The van der Waals surface area contributed by atoms with Crippen LogP contribution in [0.25, 0.3) is 33.7 Å². The molecular formula is C25H26N4. The molecule has 4 aromatic rings. The summed E-state index contributed by atoms with van der Waals surface area (Å²) >= 11 is 0. The van der Waals surface area contributed by atoms with Crippen molar-refractivity contribution in [3.8, 4) is 22.8 Å². The van der Waals surface area contributed by atoms with E-state index in [9.17, 15) is 0 Å². The highest BCUT2D eigenvalue weighted by molar-refractivity contribution is 5.79. The standard InChI is InChI=1S/C25H26N4/c1-3-16-29(4-2)18-20-11-5-7-12-21(20)23-14-9-15-24(27-23)25-26-17-19-10-6-8-13-22(19)28-25/h5-15,17H,3-4,16,18H2,1-2H3. The summed E-state index contributed by atoms with van der Waals surface area (Å²) in [5.41, 5.74) is 5.16. The van der Waals surface area contributed by atoms with Crippen molar-refractivity contribution in [1.29, 1.82) is 0 Å². The molecule has 0 aliphatic rings. The van der Waals surface area contributed by atoms with Gasteiger partial charge in [-0.25, -0.2) is 15.0 Å². The molecule has 4 nitrogen and oxygen atoms in total. The van der Waals surface area contributed by atoms with E-state index in [1.807, 2.05) is 42.6 Å². The molecule has 0 saturated carbocycles. The maximum atomic E-state index is 4.92. The van der Waals surface area contributed by atoms with E-state index in [2.05, 4.69) is 54.1 Å². The highest BCUT2D eigenvalue weighted by Gasteiger charge is 2.12. The lowest BCUT2D eigenvalue weighted by Gasteiger charge is -2.21. The Morgan fingerprint density at radius 1 is 0.793 bits per heavy atom. The molecule has 0 atom stereocenters. The van der Waals surface area contributed by atoms with Gasteiger partial charge in [0.2, 0.25) is 0 Å². The van der Waals surface area contributed by atoms with Gasteiger partial charge < -0.3 is 0 Å². The SMILES string of the molecule is CCCN(CC)Cc1ccccc1-c1cccc(-c2ncc3ccccc3n2)n1. The number of nitrogens with zero attached hydrogens (tertiary/aromatic N) is 4. The van der Waals surface area contributed by atoms with Crippen molar-refractivity contribution < 1.29 is 0 Å². The molecule has 0 spiro atoms. The van der Waals surface area contributed by atoms with Crippen LogP contribution in [0, 0.1) is 0 Å². The Kier molecular flexibility index (Phi) is 5.92. The lowest BCUT2D eigenvalue weighted by atomic mass is 10.0. The Balaban J connectivity index is 1.70. The summed E-state index contributed by atoms with van der Waals surface area (Å²) in [6.45, 7) is 7.51. The van der Waals surface area contributed by atoms with Gasteiger partial charge in [-0.3, -0.25) is 4.90 Å². The average Bonchev–Trinajstić information content (AvgIpc) is 2.79. The van der Waals surface area contributed by atoms with Crippen molar-refractivity contribution in [3.63, 3.8) is 0 Å². The van der Waals surface area contributed by atoms with E-state index in [-0.39, 0.29) is 0 Å². The highest BCUT2D eigenvalue weighted by Crippen LogP contribution is 2.26. The molecule has 2 aromatic heterocycles. The van der Waals surface area contributed by atoms with Crippen LogP contribution in [0.1, 0.15) is 25.8 Å². The molecule has 0 unspecified atom stereocenters. The second-order valence-electron chi connectivity index (χ2n) is 7.19. The topological polar surface area (TPSA) is 41.9 Å². The van der Waals surface area contributed by atoms with Crippen LogP contribution in [-0.2, 0) is 6.54 Å². The number of rotatable bonds is 7. The number of benzene rings is 2. The molecule has 0 saturated heterocycles. The Morgan fingerprint density at radius 3 is 2.45 bits per heavy atom. The van der Waals surface area contributed by atoms with Crippen LogP contribution < -0.4 is 0 Å². The minimum Gasteiger partial charge on any atom is -0.299 e. The van der Waals surface area contributed by atoms with Crippen LogP contribution in [0.2, 0.25) is 0 Å². The first-order chi connectivity index (χ1) is 14.3. The average molecular weight is 383 g/mol. The molecule has 29 heavy (non-hydrogen) atoms. The number of fused-ring (bicyclic) bond motifs is 1. The predicted molar refractivity (Wildman–Crippen MR) is 119 cm³/mol. The maximum absolute atomic E-state index is 4.92. The van der Waals surface area contributed by atoms with Gasteiger partial charge in [-0.05, 0) is 43.3 Å². The fourth-order valence-corrected chi connectivity index (χ4v) is 3.62. The fraction of sp³-hybridized carbons (Fsp3) is 0.240. The third-order valence-corrected chi connectivity index (χ3v) is 5.14. The summed E-state index contributed by atoms with van der Waals surface area (Å²) in [4.78, 5) is 16.6. The van der Waals surface area contributed by atoms with Gasteiger partial charge in [0, 0.05) is 23.7 Å². The van der Waals surface area contributed by atoms with Gasteiger partial charge in [0.25, 0.3) is 0 Å². The third kappa shape index (κ3) is 4.33. The van der Waals surface area contributed by atoms with E-state index in [1.165, 1.54) is 11.1 Å². The molecule has 0 aliphatic heterocycles. The zero-order valence-electron chi connectivity index (χ0n) is 17.0. The van der Waals surface area contributed by atoms with Gasteiger partial charge >= 0.3 is 0 Å². The molecule has 4 heteroatoms. The molecule has 2 heterocycles. The van der Waals surface area contributed by atoms with Crippen LogP contribution in [-0.4, -0.2) is 32.9 Å². The smallest absolute Gasteiger partial charge is 0.178 e. The number of hydrogen-bond donors (Lipinski definition) is 0. The summed E-state index contributed by atoms with van der Waals surface area (Å²) < 4.78 is 0. The Morgan fingerprint density at radius 2 is 1.59 bits per heavy atom. The first-order valence-corrected chi connectivity index (χ1v) is 10.3. The molecule has 146 valence electrons. The zero-order valence-corrected chi connectivity index (χ0v) is 17.0. The van der Waals surface area contributed by atoms with Crippen LogP contribution in [0.5, 0.6) is 0 Å². The minimum atomic E-state index is 0.657. The highest BCUT2D eigenvalue weighted by atomic mass is 15.1. The molecule has 0 aliphatic carbocycles. The molecule has 0 radical (unpaired) electrons. The van der Waals surface area contributed by atoms with Crippen molar-refractivity contribution in [2.24, 2.45) is 0 Å². The molecular weight excluding hydrogens is 356 g/mol. The Hall–Kier alpha value is -3.11. The number of pyridine rings is 1. The first-order valence-electron chi connectivity index (χ1n) is 10.3. The second kappa shape index (κ2) is 8.93. The van der Waals surface area contributed by atoms with Crippen molar-refractivity contribution >= 4 is 10.9 Å². The summed E-state index contributed by atoms with van der Waals surface area (Å²) in [5, 5.41) is 1.04. The largest absolute Gasteiger partial charge is 0.299 e. The summed E-state index contributed by atoms with van der Waals surface area (Å²) in [7, 11) is 0. The summed E-state index contributed by atoms with van der Waals surface area (Å²) in [5.74, 6) is 0.657. The van der Waals surface area contributed by atoms with E-state index < -0.39 is 0 Å². The molecule has 2 aromatic carbocycles. The first kappa shape index (κ1) is 19.2. The predicted octanol–water partition coefficient (Wildman–Crippen LogP) is 5.59. The van der Waals surface area contributed by atoms with Crippen LogP contribution in [0.15, 0.2) is 72.9 Å². The second-order valence-corrected chi connectivity index (χ2v) is 7.19. The lowest BCUT2D eigenvalue weighted by molar-refractivity contribution is 0.281. The van der Waals surface area contributed by atoms with Gasteiger partial charge in [0.15, 0.2) is 5.82 Å². The normalized spacial score (nSPS) is 11.3. The Bertz CT molecular complexity index is 1110. The fourth-order valence-electron chi connectivity index (χ4n) is 3.62. The van der Waals surface area contributed by atoms with E-state index in [4.69, 9.17) is 9.97 Å². The zero-order chi connectivity index (χ0) is 20.1. The molecule has 0 fully saturated rings. The van der Waals surface area contributed by atoms with E-state index >= 15 is 0 Å². The number of aromatic nitrogens is 3. The molecule has 0 bridgehead atoms. The van der Waals surface area contributed by atoms with Gasteiger partial charge in [0.1, 0.15) is 5.69 Å². The van der Waals surface area contributed by atoms with Crippen molar-refractivity contribution in [3.05, 3.63) is 78.5 Å². The quantitative estimate of drug-likeness (QED) is 0.418. The summed E-state index contributed by atoms with van der Waals surface area (Å²) in [6, 6.07) is 22.7. The van der Waals surface area contributed by atoms with Gasteiger partial charge in [0.05, 0.1) is 11.2 Å². The molecule has 0 N–H and O–H groups in total. The minimum absolute atomic E-state index is 0.657. The van der Waals surface area contributed by atoms with Crippen LogP contribution in [0.4, 0.5) is 0 Å². The number of para-hydroxylation sites is 1. The van der Waals surface area contributed by atoms with Crippen LogP contribution >= 0.6 is 0 Å². The third-order valence-electron chi connectivity index (χ3n) is 5.14. The summed E-state index contributed by atoms with van der Waals surface area (Å²) in [6.07, 6.45) is 3.02. The van der Waals surface area contributed by atoms with E-state index in [0.717, 1.165) is 48.3 Å². The lowest BCUT2D eigenvalue weighted by Crippen LogP contribution is -2.23.